The third-order valence-electron chi connectivity index (χ3n) is 0.463. The van der Waals surface area contributed by atoms with Crippen LogP contribution >= 0.6 is 0 Å². The Morgan fingerprint density at radius 3 is 1.56 bits per heavy atom. The van der Waals surface area contributed by atoms with Gasteiger partial charge in [-0.3, -0.25) is 0 Å². The van der Waals surface area contributed by atoms with Crippen LogP contribution in [0.3, 0.4) is 0 Å². The molecule has 0 amide bonds. The van der Waals surface area contributed by atoms with Crippen molar-refractivity contribution in [3.63, 3.8) is 0 Å². The van der Waals surface area contributed by atoms with E-state index < -0.39 is 5.83 Å². The van der Waals surface area contributed by atoms with Crippen molar-refractivity contribution in [1.82, 2.24) is 0 Å². The smallest absolute Gasteiger partial charge is 0.118 e. The van der Waals surface area contributed by atoms with Gasteiger partial charge in [-0.25, -0.2) is 4.39 Å². The second-order valence-corrected chi connectivity index (χ2v) is 1.59. The Labute approximate surface area is 56.4 Å². The molecule has 1 heteroatoms. The molecule has 0 aliphatic rings. The summed E-state index contributed by atoms with van der Waals surface area (Å²) in [5.74, 6) is -0.435. The van der Waals surface area contributed by atoms with E-state index in [9.17, 15) is 4.39 Å². The van der Waals surface area contributed by atoms with Crippen molar-refractivity contribution in [1.29, 1.82) is 0 Å². The zero-order chi connectivity index (χ0) is 7.86. The fraction of sp³-hybridized carbons (Fsp3) is 0.250. The van der Waals surface area contributed by atoms with Crippen LogP contribution in [0, 0.1) is 0 Å². The predicted molar refractivity (Wildman–Crippen MR) is 40.9 cm³/mol. The number of allylic oxidation sites excluding steroid dienone is 3. The lowest BCUT2D eigenvalue weighted by molar-refractivity contribution is 0.657. The average molecular weight is 128 g/mol. The molecule has 0 spiro atoms. The number of hydrogen-bond acceptors (Lipinski definition) is 0. The molecule has 0 saturated heterocycles. The van der Waals surface area contributed by atoms with Crippen molar-refractivity contribution in [3.05, 3.63) is 37.2 Å². The van der Waals surface area contributed by atoms with Gasteiger partial charge < -0.3 is 0 Å². The van der Waals surface area contributed by atoms with E-state index >= 15 is 0 Å². The van der Waals surface area contributed by atoms with Gasteiger partial charge in [-0.05, 0) is 19.4 Å². The molecule has 0 saturated carbocycles. The van der Waals surface area contributed by atoms with Crippen LogP contribution in [0.4, 0.5) is 4.39 Å². The Kier molecular flexibility index (Phi) is 8.75. The summed E-state index contributed by atoms with van der Waals surface area (Å²) in [4.78, 5) is 0. The molecule has 0 bridgehead atoms. The van der Waals surface area contributed by atoms with Crippen molar-refractivity contribution in [2.45, 2.75) is 13.8 Å². The zero-order valence-electron chi connectivity index (χ0n) is 6.08. The summed E-state index contributed by atoms with van der Waals surface area (Å²) in [5, 5.41) is 0. The molecule has 0 unspecified atom stereocenters. The van der Waals surface area contributed by atoms with Crippen LogP contribution in [0.15, 0.2) is 37.2 Å². The van der Waals surface area contributed by atoms with Gasteiger partial charge in [0.25, 0.3) is 0 Å². The quantitative estimate of drug-likeness (QED) is 0.375. The Balaban J connectivity index is 0. The van der Waals surface area contributed by atoms with Crippen LogP contribution in [-0.4, -0.2) is 0 Å². The van der Waals surface area contributed by atoms with Gasteiger partial charge in [0.05, 0.1) is 0 Å². The van der Waals surface area contributed by atoms with Crippen molar-refractivity contribution in [2.24, 2.45) is 0 Å². The Hall–Kier alpha value is -0.850. The lowest BCUT2D eigenvalue weighted by Crippen LogP contribution is -1.64. The molecule has 0 radical (unpaired) electrons. The minimum Gasteiger partial charge on any atom is -0.207 e. The van der Waals surface area contributed by atoms with E-state index in [1.54, 1.807) is 13.0 Å². The Morgan fingerprint density at radius 1 is 1.44 bits per heavy atom. The van der Waals surface area contributed by atoms with E-state index in [-0.39, 0.29) is 0 Å². The average Bonchev–Trinajstić information content (AvgIpc) is 1.68. The van der Waals surface area contributed by atoms with Gasteiger partial charge in [0, 0.05) is 0 Å². The molecule has 0 aromatic heterocycles. The van der Waals surface area contributed by atoms with Crippen LogP contribution in [0.5, 0.6) is 0 Å². The van der Waals surface area contributed by atoms with Crippen LogP contribution < -0.4 is 0 Å². The fourth-order valence-corrected chi connectivity index (χ4v) is 0. The largest absolute Gasteiger partial charge is 0.207 e. The molecule has 0 aromatic carbocycles. The summed E-state index contributed by atoms with van der Waals surface area (Å²) in [6.07, 6.45) is 1.75. The maximum absolute atomic E-state index is 11.5. The van der Waals surface area contributed by atoms with Gasteiger partial charge >= 0.3 is 0 Å². The lowest BCUT2D eigenvalue weighted by atomic mass is 10.3. The molecule has 9 heavy (non-hydrogen) atoms. The van der Waals surface area contributed by atoms with Gasteiger partial charge in [-0.15, -0.1) is 6.58 Å². The standard InChI is InChI=1S/C5H7F.C3H6/c1-4(2)5(3)6;1-3-2/h1,3H2,2H3;3H,1H2,2H3. The fourth-order valence-electron chi connectivity index (χ4n) is 0. The SMILES string of the molecule is C=C(C)C(=C)F.C=CC. The second-order valence-electron chi connectivity index (χ2n) is 1.59. The van der Waals surface area contributed by atoms with Crippen molar-refractivity contribution >= 4 is 0 Å². The predicted octanol–water partition coefficient (Wildman–Crippen LogP) is 3.24. The van der Waals surface area contributed by atoms with E-state index in [4.69, 9.17) is 0 Å². The molecule has 0 aliphatic heterocycles. The van der Waals surface area contributed by atoms with Gasteiger partial charge in [-0.2, -0.15) is 0 Å². The highest BCUT2D eigenvalue weighted by atomic mass is 19.1. The normalized spacial score (nSPS) is 6.56. The topological polar surface area (TPSA) is 0 Å². The molecule has 0 aromatic rings. The zero-order valence-corrected chi connectivity index (χ0v) is 6.08. The Bertz CT molecular complexity index is 99.7. The van der Waals surface area contributed by atoms with Crippen LogP contribution in [0.1, 0.15) is 13.8 Å². The lowest BCUT2D eigenvalue weighted by Gasteiger charge is -1.83. The molecule has 0 heterocycles. The minimum absolute atomic E-state index is 0.398. The van der Waals surface area contributed by atoms with Crippen molar-refractivity contribution in [2.75, 3.05) is 0 Å². The van der Waals surface area contributed by atoms with E-state index in [0.29, 0.717) is 5.57 Å². The molecule has 0 N–H and O–H groups in total. The minimum atomic E-state index is -0.435. The summed E-state index contributed by atoms with van der Waals surface area (Å²) in [5.41, 5.74) is 0.398. The van der Waals surface area contributed by atoms with Crippen LogP contribution in [0.2, 0.25) is 0 Å². The summed E-state index contributed by atoms with van der Waals surface area (Å²) in [7, 11) is 0. The molecule has 0 rings (SSSR count). The summed E-state index contributed by atoms with van der Waals surface area (Å²) < 4.78 is 11.5. The van der Waals surface area contributed by atoms with Crippen LogP contribution in [-0.2, 0) is 0 Å². The maximum Gasteiger partial charge on any atom is 0.118 e. The third kappa shape index (κ3) is 19.1. The van der Waals surface area contributed by atoms with Gasteiger partial charge in [0.2, 0.25) is 0 Å². The van der Waals surface area contributed by atoms with Crippen molar-refractivity contribution in [3.8, 4) is 0 Å². The number of halogens is 1. The van der Waals surface area contributed by atoms with E-state index in [1.165, 1.54) is 0 Å². The summed E-state index contributed by atoms with van der Waals surface area (Å²) in [6.45, 7) is 13.1. The first-order chi connectivity index (χ1) is 4.06. The van der Waals surface area contributed by atoms with Gasteiger partial charge in [0.1, 0.15) is 5.83 Å². The summed E-state index contributed by atoms with van der Waals surface area (Å²) in [6, 6.07) is 0. The first kappa shape index (κ1) is 11.0. The maximum atomic E-state index is 11.5. The third-order valence-corrected chi connectivity index (χ3v) is 0.463. The molecule has 52 valence electrons. The highest BCUT2D eigenvalue weighted by Gasteiger charge is 1.83. The number of hydrogen-bond donors (Lipinski definition) is 0. The molecule has 0 aliphatic carbocycles. The van der Waals surface area contributed by atoms with E-state index in [0.717, 1.165) is 0 Å². The first-order valence-electron chi connectivity index (χ1n) is 2.63. The highest BCUT2D eigenvalue weighted by Crippen LogP contribution is 2.01. The first-order valence-corrected chi connectivity index (χ1v) is 2.63. The van der Waals surface area contributed by atoms with Crippen molar-refractivity contribution < 1.29 is 4.39 Å². The van der Waals surface area contributed by atoms with Crippen LogP contribution in [0.25, 0.3) is 0 Å². The highest BCUT2D eigenvalue weighted by molar-refractivity contribution is 5.14. The van der Waals surface area contributed by atoms with Gasteiger partial charge in [-0.1, -0.05) is 19.2 Å². The molecule has 0 nitrogen and oxygen atoms in total. The summed E-state index contributed by atoms with van der Waals surface area (Å²) >= 11 is 0. The Morgan fingerprint density at radius 2 is 1.56 bits per heavy atom. The number of rotatable bonds is 1. The van der Waals surface area contributed by atoms with Gasteiger partial charge in [0.15, 0.2) is 0 Å². The monoisotopic (exact) mass is 128 g/mol. The molecule has 0 fully saturated rings. The second kappa shape index (κ2) is 7.15. The molecular formula is C8H13F. The van der Waals surface area contributed by atoms with E-state index in [2.05, 4.69) is 19.7 Å². The molecule has 0 atom stereocenters. The molecular weight excluding hydrogens is 115 g/mol. The van der Waals surface area contributed by atoms with E-state index in [1.807, 2.05) is 6.92 Å².